The first kappa shape index (κ1) is 22.3. The number of benzene rings is 2. The Morgan fingerprint density at radius 1 is 1.17 bits per heavy atom. The fraction of sp³-hybridized carbons (Fsp3) is 0.333. The molecule has 2 amide bonds. The summed E-state index contributed by atoms with van der Waals surface area (Å²) in [5.74, 6) is -0.474. The van der Waals surface area contributed by atoms with Gasteiger partial charge < -0.3 is 10.2 Å². The van der Waals surface area contributed by atoms with Crippen LogP contribution in [0.4, 0.5) is 11.4 Å². The van der Waals surface area contributed by atoms with Crippen molar-refractivity contribution in [1.82, 2.24) is 4.31 Å². The molecule has 0 saturated carbocycles. The predicted octanol–water partition coefficient (Wildman–Crippen LogP) is 3.75. The van der Waals surface area contributed by atoms with Gasteiger partial charge in [-0.15, -0.1) is 0 Å². The first-order valence-corrected chi connectivity index (χ1v) is 11.6. The maximum absolute atomic E-state index is 12.9. The third-order valence-corrected chi connectivity index (χ3v) is 7.56. The molecule has 0 aromatic heterocycles. The number of rotatable bonds is 7. The van der Waals surface area contributed by atoms with Crippen LogP contribution in [0.3, 0.4) is 0 Å². The molecule has 1 aliphatic rings. The number of halogens is 1. The lowest BCUT2D eigenvalue weighted by Crippen LogP contribution is -2.31. The number of nitrogens with one attached hydrogen (secondary N) is 1. The first-order valence-electron chi connectivity index (χ1n) is 9.80. The smallest absolute Gasteiger partial charge is 0.255 e. The lowest BCUT2D eigenvalue weighted by Gasteiger charge is -2.21. The molecule has 160 valence electrons. The number of para-hydroxylation sites is 2. The molecule has 0 spiro atoms. The van der Waals surface area contributed by atoms with Crippen LogP contribution < -0.4 is 10.2 Å². The molecular weight excluding hydrogens is 426 g/mol. The number of hydrogen-bond donors (Lipinski definition) is 1. The average Bonchev–Trinajstić information content (AvgIpc) is 3.15. The largest absolute Gasteiger partial charge is 0.320 e. The van der Waals surface area contributed by atoms with Gasteiger partial charge in [0, 0.05) is 31.6 Å². The summed E-state index contributed by atoms with van der Waals surface area (Å²) in [5, 5.41) is 2.85. The van der Waals surface area contributed by atoms with E-state index in [4.69, 9.17) is 11.6 Å². The van der Waals surface area contributed by atoms with Crippen LogP contribution in [0.25, 0.3) is 0 Å². The molecule has 0 bridgehead atoms. The van der Waals surface area contributed by atoms with Gasteiger partial charge in [0.05, 0.1) is 16.4 Å². The Hall–Kier alpha value is -2.42. The quantitative estimate of drug-likeness (QED) is 0.697. The summed E-state index contributed by atoms with van der Waals surface area (Å²) < 4.78 is 27.0. The Bertz CT molecular complexity index is 1070. The van der Waals surface area contributed by atoms with Gasteiger partial charge in [-0.1, -0.05) is 37.6 Å². The highest BCUT2D eigenvalue weighted by atomic mass is 35.5. The summed E-state index contributed by atoms with van der Waals surface area (Å²) in [7, 11) is -3.82. The van der Waals surface area contributed by atoms with Crippen LogP contribution in [0.2, 0.25) is 5.02 Å². The molecular formula is C21H24ClN3O4S. The SMILES string of the molecule is CCN(CC)S(=O)(=O)c1cc(C(=O)Nc2ccccc2N2CCCC2=O)ccc1Cl. The molecule has 0 aliphatic carbocycles. The fourth-order valence-electron chi connectivity index (χ4n) is 3.46. The monoisotopic (exact) mass is 449 g/mol. The number of hydrogen-bond acceptors (Lipinski definition) is 4. The van der Waals surface area contributed by atoms with E-state index in [-0.39, 0.29) is 21.4 Å². The molecule has 0 radical (unpaired) electrons. The van der Waals surface area contributed by atoms with Crippen molar-refractivity contribution in [3.63, 3.8) is 0 Å². The summed E-state index contributed by atoms with van der Waals surface area (Å²) in [4.78, 5) is 26.6. The lowest BCUT2D eigenvalue weighted by molar-refractivity contribution is -0.117. The van der Waals surface area contributed by atoms with E-state index in [1.54, 1.807) is 43.0 Å². The van der Waals surface area contributed by atoms with E-state index in [1.165, 1.54) is 22.5 Å². The highest BCUT2D eigenvalue weighted by Gasteiger charge is 2.27. The van der Waals surface area contributed by atoms with E-state index in [1.807, 2.05) is 0 Å². The topological polar surface area (TPSA) is 86.8 Å². The summed E-state index contributed by atoms with van der Waals surface area (Å²) >= 11 is 6.15. The van der Waals surface area contributed by atoms with Gasteiger partial charge in [0.2, 0.25) is 15.9 Å². The van der Waals surface area contributed by atoms with Gasteiger partial charge in [-0.2, -0.15) is 4.31 Å². The summed E-state index contributed by atoms with van der Waals surface area (Å²) in [6.07, 6.45) is 1.25. The molecule has 9 heteroatoms. The zero-order valence-electron chi connectivity index (χ0n) is 16.9. The Balaban J connectivity index is 1.92. The minimum absolute atomic E-state index is 0.00999. The second kappa shape index (κ2) is 9.16. The first-order chi connectivity index (χ1) is 14.3. The van der Waals surface area contributed by atoms with Gasteiger partial charge >= 0.3 is 0 Å². The van der Waals surface area contributed by atoms with Gasteiger partial charge in [0.15, 0.2) is 0 Å². The normalized spacial score (nSPS) is 14.4. The molecule has 1 saturated heterocycles. The van der Waals surface area contributed by atoms with Crippen LogP contribution in [0, 0.1) is 0 Å². The van der Waals surface area contributed by atoms with Crippen LogP contribution in [-0.2, 0) is 14.8 Å². The van der Waals surface area contributed by atoms with Crippen LogP contribution in [0.1, 0.15) is 37.0 Å². The van der Waals surface area contributed by atoms with Crippen molar-refractivity contribution >= 4 is 44.8 Å². The number of carbonyl (C=O) groups is 2. The minimum Gasteiger partial charge on any atom is -0.320 e. The fourth-order valence-corrected chi connectivity index (χ4v) is 5.42. The predicted molar refractivity (Wildman–Crippen MR) is 118 cm³/mol. The van der Waals surface area contributed by atoms with E-state index in [0.29, 0.717) is 37.4 Å². The second-order valence-corrected chi connectivity index (χ2v) is 9.17. The zero-order chi connectivity index (χ0) is 21.9. The van der Waals surface area contributed by atoms with E-state index in [2.05, 4.69) is 5.32 Å². The van der Waals surface area contributed by atoms with Crippen molar-refractivity contribution in [3.05, 3.63) is 53.1 Å². The maximum Gasteiger partial charge on any atom is 0.255 e. The molecule has 30 heavy (non-hydrogen) atoms. The van der Waals surface area contributed by atoms with Gasteiger partial charge in [0.1, 0.15) is 4.90 Å². The van der Waals surface area contributed by atoms with Crippen molar-refractivity contribution in [2.45, 2.75) is 31.6 Å². The Morgan fingerprint density at radius 3 is 2.50 bits per heavy atom. The molecule has 2 aromatic carbocycles. The van der Waals surface area contributed by atoms with Crippen molar-refractivity contribution in [3.8, 4) is 0 Å². The molecule has 0 unspecified atom stereocenters. The van der Waals surface area contributed by atoms with Gasteiger partial charge in [-0.25, -0.2) is 8.42 Å². The summed E-state index contributed by atoms with van der Waals surface area (Å²) in [5.41, 5.74) is 1.27. The highest BCUT2D eigenvalue weighted by Crippen LogP contribution is 2.31. The Morgan fingerprint density at radius 2 is 1.87 bits per heavy atom. The lowest BCUT2D eigenvalue weighted by atomic mass is 10.2. The van der Waals surface area contributed by atoms with Crippen LogP contribution in [-0.4, -0.2) is 44.2 Å². The van der Waals surface area contributed by atoms with E-state index < -0.39 is 15.9 Å². The number of amides is 2. The molecule has 2 aromatic rings. The van der Waals surface area contributed by atoms with E-state index in [9.17, 15) is 18.0 Å². The molecule has 1 fully saturated rings. The maximum atomic E-state index is 12.9. The van der Waals surface area contributed by atoms with Crippen molar-refractivity contribution in [1.29, 1.82) is 0 Å². The van der Waals surface area contributed by atoms with Gasteiger partial charge in [0.25, 0.3) is 5.91 Å². The molecule has 1 N–H and O–H groups in total. The minimum atomic E-state index is -3.82. The number of anilines is 2. The Kier molecular flexibility index (Phi) is 6.80. The molecule has 3 rings (SSSR count). The molecule has 1 heterocycles. The standard InChI is InChI=1S/C21H24ClN3O4S/c1-3-24(4-2)30(28,29)19-14-15(11-12-16(19)22)21(27)23-17-8-5-6-9-18(17)25-13-7-10-20(25)26/h5-6,8-9,11-12,14H,3-4,7,10,13H2,1-2H3,(H,23,27). The van der Waals surface area contributed by atoms with Crippen molar-refractivity contribution in [2.24, 2.45) is 0 Å². The molecule has 1 aliphatic heterocycles. The van der Waals surface area contributed by atoms with E-state index in [0.717, 1.165) is 6.42 Å². The van der Waals surface area contributed by atoms with Crippen molar-refractivity contribution in [2.75, 3.05) is 29.9 Å². The molecule has 7 nitrogen and oxygen atoms in total. The van der Waals surface area contributed by atoms with Crippen LogP contribution in [0.15, 0.2) is 47.4 Å². The second-order valence-electron chi connectivity index (χ2n) is 6.85. The summed E-state index contributed by atoms with van der Waals surface area (Å²) in [6.45, 7) is 4.66. The van der Waals surface area contributed by atoms with E-state index >= 15 is 0 Å². The Labute approximate surface area is 181 Å². The van der Waals surface area contributed by atoms with Gasteiger partial charge in [-0.05, 0) is 36.8 Å². The number of carbonyl (C=O) groups excluding carboxylic acids is 2. The van der Waals surface area contributed by atoms with Gasteiger partial charge in [-0.3, -0.25) is 9.59 Å². The third-order valence-electron chi connectivity index (χ3n) is 5.03. The number of nitrogens with zero attached hydrogens (tertiary/aromatic N) is 2. The van der Waals surface area contributed by atoms with Crippen LogP contribution >= 0.6 is 11.6 Å². The van der Waals surface area contributed by atoms with Crippen LogP contribution in [0.5, 0.6) is 0 Å². The number of sulfonamides is 1. The third kappa shape index (κ3) is 4.35. The molecule has 0 atom stereocenters. The zero-order valence-corrected chi connectivity index (χ0v) is 18.5. The highest BCUT2D eigenvalue weighted by molar-refractivity contribution is 7.89. The van der Waals surface area contributed by atoms with Crippen molar-refractivity contribution < 1.29 is 18.0 Å². The average molecular weight is 450 g/mol. The summed E-state index contributed by atoms with van der Waals surface area (Å²) in [6, 6.07) is 11.2.